The number of fused-ring (bicyclic) bond motifs is 2. The Bertz CT molecular complexity index is 701. The molecule has 2 aliphatic rings. The third-order valence-corrected chi connectivity index (χ3v) is 6.21. The second kappa shape index (κ2) is 7.21. The maximum Gasteiger partial charge on any atom is 0.217 e. The fourth-order valence-electron chi connectivity index (χ4n) is 4.31. The fourth-order valence-corrected chi connectivity index (χ4v) is 5.00. The largest absolute Gasteiger partial charge is 0.353 e. The molecule has 2 aromatic rings. The van der Waals surface area contributed by atoms with Gasteiger partial charge in [-0.1, -0.05) is 12.5 Å². The van der Waals surface area contributed by atoms with E-state index in [0.29, 0.717) is 18.1 Å². The highest BCUT2D eigenvalue weighted by Gasteiger charge is 2.39. The minimum atomic E-state index is 0.0800. The zero-order chi connectivity index (χ0) is 17.2. The van der Waals surface area contributed by atoms with Gasteiger partial charge in [0.05, 0.1) is 13.1 Å². The maximum absolute atomic E-state index is 11.4. The van der Waals surface area contributed by atoms with Crippen molar-refractivity contribution in [1.29, 1.82) is 0 Å². The molecule has 0 spiro atoms. The monoisotopic (exact) mass is 360 g/mol. The predicted molar refractivity (Wildman–Crippen MR) is 95.0 cm³/mol. The molecule has 4 rings (SSSR count). The van der Waals surface area contributed by atoms with Crippen molar-refractivity contribution in [2.75, 3.05) is 0 Å². The number of aromatic nitrogens is 4. The van der Waals surface area contributed by atoms with Crippen molar-refractivity contribution >= 4 is 17.2 Å². The van der Waals surface area contributed by atoms with Crippen LogP contribution in [-0.2, 0) is 17.9 Å². The Morgan fingerprint density at radius 1 is 1.32 bits per heavy atom. The van der Waals surface area contributed by atoms with Gasteiger partial charge in [-0.05, 0) is 47.6 Å². The molecule has 0 aromatic carbocycles. The van der Waals surface area contributed by atoms with E-state index in [4.69, 9.17) is 0 Å². The Morgan fingerprint density at radius 2 is 2.12 bits per heavy atom. The average molecular weight is 360 g/mol. The molecule has 1 amide bonds. The molecule has 2 bridgehead atoms. The molecule has 4 heterocycles. The Hall–Kier alpha value is -1.80. The lowest BCUT2D eigenvalue weighted by atomic mass is 9.81. The highest BCUT2D eigenvalue weighted by molar-refractivity contribution is 7.09. The van der Waals surface area contributed by atoms with Crippen molar-refractivity contribution in [2.24, 2.45) is 0 Å². The highest BCUT2D eigenvalue weighted by atomic mass is 32.1. The van der Waals surface area contributed by atoms with Crippen molar-refractivity contribution in [1.82, 2.24) is 30.4 Å². The van der Waals surface area contributed by atoms with Crippen LogP contribution in [0.5, 0.6) is 0 Å². The predicted octanol–water partition coefficient (Wildman–Crippen LogP) is 1.80. The van der Waals surface area contributed by atoms with Crippen LogP contribution in [0.1, 0.15) is 49.7 Å². The van der Waals surface area contributed by atoms with Crippen LogP contribution in [0.25, 0.3) is 0 Å². The normalized spacial score (nSPS) is 26.5. The number of thiophene rings is 1. The number of carbonyl (C=O) groups is 1. The van der Waals surface area contributed by atoms with Crippen molar-refractivity contribution < 1.29 is 4.79 Å². The number of tetrazole rings is 1. The van der Waals surface area contributed by atoms with Crippen LogP contribution < -0.4 is 5.32 Å². The molecule has 134 valence electrons. The van der Waals surface area contributed by atoms with E-state index in [1.165, 1.54) is 24.1 Å². The lowest BCUT2D eigenvalue weighted by Gasteiger charge is -2.48. The van der Waals surface area contributed by atoms with Gasteiger partial charge in [-0.25, -0.2) is 4.68 Å². The van der Waals surface area contributed by atoms with Gasteiger partial charge in [-0.3, -0.25) is 9.69 Å². The van der Waals surface area contributed by atoms with E-state index in [1.807, 2.05) is 4.68 Å². The van der Waals surface area contributed by atoms with Crippen molar-refractivity contribution in [3.8, 4) is 0 Å². The van der Waals surface area contributed by atoms with Gasteiger partial charge in [-0.15, -0.1) is 16.4 Å². The van der Waals surface area contributed by atoms with E-state index in [0.717, 1.165) is 31.8 Å². The summed E-state index contributed by atoms with van der Waals surface area (Å²) in [6.07, 6.45) is 5.72. The van der Waals surface area contributed by atoms with Crippen LogP contribution in [0.2, 0.25) is 0 Å². The van der Waals surface area contributed by atoms with Crippen molar-refractivity contribution in [3.05, 3.63) is 28.2 Å². The Kier molecular flexibility index (Phi) is 4.80. The lowest BCUT2D eigenvalue weighted by molar-refractivity contribution is -0.120. The topological polar surface area (TPSA) is 75.9 Å². The zero-order valence-electron chi connectivity index (χ0n) is 14.5. The summed E-state index contributed by atoms with van der Waals surface area (Å²) in [4.78, 5) is 15.2. The van der Waals surface area contributed by atoms with Crippen molar-refractivity contribution in [2.45, 2.75) is 70.2 Å². The van der Waals surface area contributed by atoms with Crippen LogP contribution in [-0.4, -0.2) is 49.1 Å². The van der Waals surface area contributed by atoms with Crippen LogP contribution in [0.3, 0.4) is 0 Å². The molecule has 0 saturated carbocycles. The van der Waals surface area contributed by atoms with Gasteiger partial charge < -0.3 is 5.32 Å². The first kappa shape index (κ1) is 16.7. The second-order valence-corrected chi connectivity index (χ2v) is 8.14. The first-order valence-electron chi connectivity index (χ1n) is 8.99. The summed E-state index contributed by atoms with van der Waals surface area (Å²) in [7, 11) is 0. The Morgan fingerprint density at radius 3 is 2.80 bits per heavy atom. The van der Waals surface area contributed by atoms with E-state index in [1.54, 1.807) is 18.3 Å². The molecular weight excluding hydrogens is 336 g/mol. The number of amides is 1. The summed E-state index contributed by atoms with van der Waals surface area (Å²) < 4.78 is 1.92. The van der Waals surface area contributed by atoms with E-state index in [-0.39, 0.29) is 5.91 Å². The fraction of sp³-hybridized carbons (Fsp3) is 0.647. The standard InChI is InChI=1S/C17H24N6OS/c1-12(24)18-13-8-14-4-2-5-15(9-13)22(14)11-17-19-20-21-23(17)10-16-6-3-7-25-16/h3,6-7,13-15H,2,4-5,8-11H2,1H3,(H,18,24)/t14-,15-/m1/s1. The number of hydrogen-bond acceptors (Lipinski definition) is 6. The van der Waals surface area contributed by atoms with E-state index in [9.17, 15) is 4.79 Å². The van der Waals surface area contributed by atoms with E-state index < -0.39 is 0 Å². The van der Waals surface area contributed by atoms with Gasteiger partial charge in [0.25, 0.3) is 0 Å². The molecule has 2 aliphatic heterocycles. The number of carbonyl (C=O) groups excluding carboxylic acids is 1. The Labute approximate surface area is 151 Å². The zero-order valence-corrected chi connectivity index (χ0v) is 15.3. The minimum Gasteiger partial charge on any atom is -0.353 e. The number of hydrogen-bond donors (Lipinski definition) is 1. The smallest absolute Gasteiger partial charge is 0.217 e. The van der Waals surface area contributed by atoms with Crippen LogP contribution >= 0.6 is 11.3 Å². The van der Waals surface area contributed by atoms with Gasteiger partial charge in [0.1, 0.15) is 0 Å². The maximum atomic E-state index is 11.4. The molecule has 0 aliphatic carbocycles. The number of rotatable bonds is 5. The van der Waals surface area contributed by atoms with Gasteiger partial charge in [0, 0.05) is 29.9 Å². The summed E-state index contributed by atoms with van der Waals surface area (Å²) in [5.74, 6) is 1.01. The molecule has 7 nitrogen and oxygen atoms in total. The SMILES string of the molecule is CC(=O)NC1C[C@H]2CCC[C@H](C1)N2Cc1nnnn1Cc1cccs1. The average Bonchev–Trinajstić information content (AvgIpc) is 3.20. The first-order valence-corrected chi connectivity index (χ1v) is 9.87. The molecule has 0 unspecified atom stereocenters. The van der Waals surface area contributed by atoms with Crippen molar-refractivity contribution in [3.63, 3.8) is 0 Å². The van der Waals surface area contributed by atoms with Gasteiger partial charge in [0.15, 0.2) is 5.82 Å². The lowest BCUT2D eigenvalue weighted by Crippen LogP contribution is -2.56. The molecular formula is C17H24N6OS. The quantitative estimate of drug-likeness (QED) is 0.880. The summed E-state index contributed by atoms with van der Waals surface area (Å²) in [5.41, 5.74) is 0. The van der Waals surface area contributed by atoms with Gasteiger partial charge in [-0.2, -0.15) is 0 Å². The third kappa shape index (κ3) is 3.74. The molecule has 25 heavy (non-hydrogen) atoms. The van der Waals surface area contributed by atoms with Crippen LogP contribution in [0.4, 0.5) is 0 Å². The van der Waals surface area contributed by atoms with Crippen LogP contribution in [0, 0.1) is 0 Å². The molecule has 2 fully saturated rings. The molecule has 2 atom stereocenters. The summed E-state index contributed by atoms with van der Waals surface area (Å²) >= 11 is 1.73. The highest BCUT2D eigenvalue weighted by Crippen LogP contribution is 2.35. The second-order valence-electron chi connectivity index (χ2n) is 7.11. The van der Waals surface area contributed by atoms with Gasteiger partial charge >= 0.3 is 0 Å². The third-order valence-electron chi connectivity index (χ3n) is 5.35. The summed E-state index contributed by atoms with van der Waals surface area (Å²) in [6.45, 7) is 3.14. The minimum absolute atomic E-state index is 0.0800. The summed E-state index contributed by atoms with van der Waals surface area (Å²) in [5, 5.41) is 17.6. The molecule has 8 heteroatoms. The molecule has 1 N–H and O–H groups in total. The van der Waals surface area contributed by atoms with E-state index >= 15 is 0 Å². The van der Waals surface area contributed by atoms with E-state index in [2.05, 4.69) is 43.3 Å². The number of piperidine rings is 2. The number of nitrogens with zero attached hydrogens (tertiary/aromatic N) is 5. The summed E-state index contributed by atoms with van der Waals surface area (Å²) in [6, 6.07) is 5.50. The molecule has 2 aromatic heterocycles. The van der Waals surface area contributed by atoms with Gasteiger partial charge in [0.2, 0.25) is 5.91 Å². The van der Waals surface area contributed by atoms with Crippen LogP contribution in [0.15, 0.2) is 17.5 Å². The molecule has 0 radical (unpaired) electrons. The first-order chi connectivity index (χ1) is 12.2. The number of nitrogens with one attached hydrogen (secondary N) is 1. The Balaban J connectivity index is 1.46. The molecule has 2 saturated heterocycles.